The molecular weight excluding hydrogens is 602 g/mol. The lowest BCUT2D eigenvalue weighted by Crippen LogP contribution is -2.42. The predicted molar refractivity (Wildman–Crippen MR) is 188 cm³/mol. The van der Waals surface area contributed by atoms with Gasteiger partial charge in [0, 0.05) is 75.7 Å². The first-order valence-electron chi connectivity index (χ1n) is 17.8. The summed E-state index contributed by atoms with van der Waals surface area (Å²) in [5.74, 6) is 1.75. The highest BCUT2D eigenvalue weighted by atomic mass is 16.4. The molecule has 0 bridgehead atoms. The van der Waals surface area contributed by atoms with E-state index in [0.29, 0.717) is 23.9 Å². The summed E-state index contributed by atoms with van der Waals surface area (Å²) in [6.07, 6.45) is 11.5. The minimum Gasteiger partial charge on any atom is -0.481 e. The van der Waals surface area contributed by atoms with E-state index < -0.39 is 5.97 Å². The summed E-state index contributed by atoms with van der Waals surface area (Å²) in [7, 11) is 4.07. The van der Waals surface area contributed by atoms with Crippen LogP contribution >= 0.6 is 0 Å². The van der Waals surface area contributed by atoms with E-state index in [2.05, 4.69) is 64.3 Å². The van der Waals surface area contributed by atoms with Gasteiger partial charge in [-0.2, -0.15) is 15.3 Å². The predicted octanol–water partition coefficient (Wildman–Crippen LogP) is 5.64. The number of hydrogen-bond donors (Lipinski definition) is 2. The molecule has 2 aliphatic heterocycles. The minimum atomic E-state index is -0.667. The topological polar surface area (TPSA) is 126 Å². The van der Waals surface area contributed by atoms with Crippen molar-refractivity contribution in [2.75, 3.05) is 48.3 Å². The van der Waals surface area contributed by atoms with Crippen molar-refractivity contribution >= 4 is 23.4 Å². The summed E-state index contributed by atoms with van der Waals surface area (Å²) in [4.78, 5) is 29.3. The number of likely N-dealkylation sites (tertiary alicyclic amines) is 1. The van der Waals surface area contributed by atoms with Gasteiger partial charge >= 0.3 is 5.97 Å². The lowest BCUT2D eigenvalue weighted by atomic mass is 9.77. The van der Waals surface area contributed by atoms with Gasteiger partial charge in [-0.3, -0.25) is 9.48 Å². The molecule has 1 saturated heterocycles. The number of aromatic nitrogens is 4. The van der Waals surface area contributed by atoms with Crippen LogP contribution in [0.25, 0.3) is 0 Å². The molecule has 48 heavy (non-hydrogen) atoms. The Morgan fingerprint density at radius 3 is 2.69 bits per heavy atom. The molecule has 3 aromatic rings. The maximum absolute atomic E-state index is 11.6. The Bertz CT molecular complexity index is 1610. The van der Waals surface area contributed by atoms with Crippen molar-refractivity contribution in [3.05, 3.63) is 59.0 Å². The van der Waals surface area contributed by atoms with Crippen LogP contribution in [-0.4, -0.2) is 75.0 Å². The molecule has 11 heteroatoms. The second kappa shape index (κ2) is 14.9. The van der Waals surface area contributed by atoms with Crippen molar-refractivity contribution in [3.8, 4) is 6.07 Å². The fraction of sp³-hybridized carbons (Fsp3) is 0.595. The van der Waals surface area contributed by atoms with E-state index >= 15 is 0 Å². The molecule has 1 aromatic carbocycles. The summed E-state index contributed by atoms with van der Waals surface area (Å²) in [6.45, 7) is 9.04. The number of fused-ring (bicyclic) bond motifs is 1. The van der Waals surface area contributed by atoms with Gasteiger partial charge < -0.3 is 25.1 Å². The molecule has 2 N–H and O–H groups in total. The molecule has 0 spiro atoms. The van der Waals surface area contributed by atoms with Crippen molar-refractivity contribution in [1.82, 2.24) is 24.6 Å². The summed E-state index contributed by atoms with van der Waals surface area (Å²) >= 11 is 0. The van der Waals surface area contributed by atoms with E-state index in [4.69, 9.17) is 9.97 Å². The number of nitrogens with zero attached hydrogens (tertiary/aromatic N) is 8. The average Bonchev–Trinajstić information content (AvgIpc) is 3.54. The molecule has 0 amide bonds. The Labute approximate surface area is 285 Å². The van der Waals surface area contributed by atoms with E-state index in [1.807, 2.05) is 36.1 Å². The molecule has 256 valence electrons. The first kappa shape index (κ1) is 33.7. The van der Waals surface area contributed by atoms with Crippen LogP contribution in [0.2, 0.25) is 0 Å². The lowest BCUT2D eigenvalue weighted by molar-refractivity contribution is -0.143. The standard InChI is InChI=1S/C37H51N9O2/c1-5-34(27-11-13-28(14-12-27)36(47)48)44(4)37-41-32-15-17-46(30-10-6-9-26(18-30)19-38)23-31(32)35(42-37)40-33(29-20-39-43(3)22-29)24-45-16-7-8-25(2)21-45/h6,9-10,18,20,22,25,27-28,33-34H,5,7-8,11-17,21,23-24H2,1-4H3,(H,47,48)(H,40,41,42)/t25-,27?,28?,33-,34+/m0/s1. The number of rotatable bonds is 11. The lowest BCUT2D eigenvalue weighted by Gasteiger charge is -2.39. The number of aryl methyl sites for hydroxylation is 1. The molecule has 0 unspecified atom stereocenters. The summed E-state index contributed by atoms with van der Waals surface area (Å²) in [5, 5.41) is 27.6. The Balaban J connectivity index is 1.34. The molecule has 1 saturated carbocycles. The Hall–Kier alpha value is -4.17. The average molecular weight is 654 g/mol. The highest BCUT2D eigenvalue weighted by Gasteiger charge is 2.34. The normalized spacial score (nSPS) is 22.7. The fourth-order valence-corrected chi connectivity index (χ4v) is 8.22. The van der Waals surface area contributed by atoms with Gasteiger partial charge in [0.1, 0.15) is 5.82 Å². The van der Waals surface area contributed by atoms with Gasteiger partial charge in [0.15, 0.2) is 0 Å². The van der Waals surface area contributed by atoms with Crippen LogP contribution in [0.15, 0.2) is 36.7 Å². The Morgan fingerprint density at radius 1 is 1.19 bits per heavy atom. The largest absolute Gasteiger partial charge is 0.481 e. The van der Waals surface area contributed by atoms with Gasteiger partial charge in [0.25, 0.3) is 0 Å². The van der Waals surface area contributed by atoms with Crippen molar-refractivity contribution in [2.45, 2.75) is 83.8 Å². The number of carboxylic acid groups (broad SMARTS) is 1. The fourth-order valence-electron chi connectivity index (χ4n) is 8.22. The monoisotopic (exact) mass is 653 g/mol. The van der Waals surface area contributed by atoms with Crippen LogP contribution in [-0.2, 0) is 24.8 Å². The van der Waals surface area contributed by atoms with Crippen molar-refractivity contribution in [2.24, 2.45) is 24.8 Å². The number of benzene rings is 1. The van der Waals surface area contributed by atoms with E-state index in [9.17, 15) is 15.2 Å². The van der Waals surface area contributed by atoms with Crippen molar-refractivity contribution in [1.29, 1.82) is 5.26 Å². The third-order valence-electron chi connectivity index (χ3n) is 10.9. The van der Waals surface area contributed by atoms with Crippen LogP contribution in [0.1, 0.15) is 87.2 Å². The molecule has 6 rings (SSSR count). The molecule has 4 heterocycles. The van der Waals surface area contributed by atoms with Crippen molar-refractivity contribution < 1.29 is 9.90 Å². The quantitative estimate of drug-likeness (QED) is 0.269. The second-order valence-corrected chi connectivity index (χ2v) is 14.3. The summed E-state index contributed by atoms with van der Waals surface area (Å²) in [5.41, 5.74) is 4.97. The molecule has 1 aliphatic carbocycles. The Kier molecular flexibility index (Phi) is 10.5. The first-order chi connectivity index (χ1) is 23.2. The third-order valence-corrected chi connectivity index (χ3v) is 10.9. The SMILES string of the molecule is CC[C@H](C1CCC(C(=O)O)CC1)N(C)c1nc2c(c(N[C@@H](CN3CCC[C@H](C)C3)c3cnn(C)c3)n1)CN(c1cccc(C#N)c1)CC2. The van der Waals surface area contributed by atoms with Crippen molar-refractivity contribution in [3.63, 3.8) is 0 Å². The first-order valence-corrected chi connectivity index (χ1v) is 17.8. The minimum absolute atomic E-state index is 0.00767. The maximum Gasteiger partial charge on any atom is 0.306 e. The molecule has 2 aromatic heterocycles. The van der Waals surface area contributed by atoms with E-state index in [1.54, 1.807) is 0 Å². The van der Waals surface area contributed by atoms with Gasteiger partial charge in [-0.15, -0.1) is 0 Å². The third kappa shape index (κ3) is 7.59. The number of nitrogens with one attached hydrogen (secondary N) is 1. The number of nitriles is 1. The second-order valence-electron chi connectivity index (χ2n) is 14.3. The van der Waals surface area contributed by atoms with E-state index in [1.165, 1.54) is 12.8 Å². The Morgan fingerprint density at radius 2 is 2.00 bits per heavy atom. The van der Waals surface area contributed by atoms with Gasteiger partial charge in [0.2, 0.25) is 5.95 Å². The zero-order valence-corrected chi connectivity index (χ0v) is 29.0. The molecule has 11 nitrogen and oxygen atoms in total. The van der Waals surface area contributed by atoms with Crippen LogP contribution in [0, 0.1) is 29.1 Å². The number of hydrogen-bond acceptors (Lipinski definition) is 9. The zero-order valence-electron chi connectivity index (χ0n) is 29.0. The van der Waals surface area contributed by atoms with E-state index in [0.717, 1.165) is 99.0 Å². The smallest absolute Gasteiger partial charge is 0.306 e. The van der Waals surface area contributed by atoms with Crippen LogP contribution in [0.5, 0.6) is 0 Å². The molecular formula is C37H51N9O2. The molecule has 3 atom stereocenters. The van der Waals surface area contributed by atoms with E-state index in [-0.39, 0.29) is 18.0 Å². The number of carboxylic acids is 1. The van der Waals surface area contributed by atoms with Gasteiger partial charge in [0.05, 0.1) is 35.5 Å². The molecule has 0 radical (unpaired) electrons. The number of carbonyl (C=O) groups is 1. The number of aliphatic carboxylic acids is 1. The summed E-state index contributed by atoms with van der Waals surface area (Å²) < 4.78 is 1.87. The van der Waals surface area contributed by atoms with Gasteiger partial charge in [-0.25, -0.2) is 4.98 Å². The number of anilines is 3. The molecule has 3 aliphatic rings. The zero-order chi connectivity index (χ0) is 33.8. The maximum atomic E-state index is 11.6. The van der Waals surface area contributed by atoms with Crippen LogP contribution in [0.4, 0.5) is 17.5 Å². The highest BCUT2D eigenvalue weighted by molar-refractivity contribution is 5.70. The van der Waals surface area contributed by atoms with Crippen LogP contribution in [0.3, 0.4) is 0 Å². The van der Waals surface area contributed by atoms with Crippen LogP contribution < -0.4 is 15.1 Å². The van der Waals surface area contributed by atoms with Gasteiger partial charge in [-0.05, 0) is 81.5 Å². The summed E-state index contributed by atoms with van der Waals surface area (Å²) in [6, 6.07) is 10.3. The molecule has 2 fully saturated rings. The van der Waals surface area contributed by atoms with Gasteiger partial charge in [-0.1, -0.05) is 19.9 Å². The highest BCUT2D eigenvalue weighted by Crippen LogP contribution is 2.37. The number of piperidine rings is 1.